The first-order valence-electron chi connectivity index (χ1n) is 10.5. The lowest BCUT2D eigenvalue weighted by Crippen LogP contribution is -2.60. The molecular formula is C24H28N2O6. The molecular weight excluding hydrogens is 412 g/mol. The van der Waals surface area contributed by atoms with Crippen molar-refractivity contribution in [3.8, 4) is 11.1 Å². The zero-order valence-corrected chi connectivity index (χ0v) is 18.4. The molecule has 0 spiro atoms. The molecule has 0 aromatic heterocycles. The summed E-state index contributed by atoms with van der Waals surface area (Å²) in [5, 5.41) is 14.2. The van der Waals surface area contributed by atoms with Gasteiger partial charge in [-0.3, -0.25) is 4.79 Å². The topological polar surface area (TPSA) is 114 Å². The number of methoxy groups -OCH3 is 1. The Bertz CT molecular complexity index is 962. The summed E-state index contributed by atoms with van der Waals surface area (Å²) in [4.78, 5) is 36.6. The van der Waals surface area contributed by atoms with Crippen molar-refractivity contribution in [3.63, 3.8) is 0 Å². The molecule has 0 radical (unpaired) electrons. The number of ether oxygens (including phenoxy) is 2. The molecule has 3 N–H and O–H groups in total. The third-order valence-corrected chi connectivity index (χ3v) is 5.87. The van der Waals surface area contributed by atoms with Crippen molar-refractivity contribution in [2.24, 2.45) is 0 Å². The van der Waals surface area contributed by atoms with Gasteiger partial charge >= 0.3 is 12.1 Å². The van der Waals surface area contributed by atoms with Crippen LogP contribution in [0.5, 0.6) is 0 Å². The predicted octanol–water partition coefficient (Wildman–Crippen LogP) is 2.91. The Balaban J connectivity index is 1.67. The van der Waals surface area contributed by atoms with Gasteiger partial charge in [0.2, 0.25) is 5.91 Å². The third kappa shape index (κ3) is 4.75. The van der Waals surface area contributed by atoms with E-state index in [-0.39, 0.29) is 25.6 Å². The highest BCUT2D eigenvalue weighted by molar-refractivity contribution is 5.92. The van der Waals surface area contributed by atoms with E-state index in [4.69, 9.17) is 9.47 Å². The summed E-state index contributed by atoms with van der Waals surface area (Å²) in [7, 11) is 1.34. The number of alkyl carbamates (subject to hydrolysis) is 1. The fourth-order valence-corrected chi connectivity index (χ4v) is 3.82. The van der Waals surface area contributed by atoms with E-state index in [0.29, 0.717) is 0 Å². The fourth-order valence-electron chi connectivity index (χ4n) is 3.82. The van der Waals surface area contributed by atoms with Gasteiger partial charge in [-0.25, -0.2) is 9.59 Å². The molecule has 1 aliphatic carbocycles. The number of aliphatic carboxylic acids is 1. The van der Waals surface area contributed by atoms with E-state index in [2.05, 4.69) is 10.6 Å². The highest BCUT2D eigenvalue weighted by Crippen LogP contribution is 2.44. The Morgan fingerprint density at radius 1 is 1.06 bits per heavy atom. The van der Waals surface area contributed by atoms with Crippen LogP contribution in [0.25, 0.3) is 11.1 Å². The van der Waals surface area contributed by atoms with Crippen molar-refractivity contribution in [3.05, 3.63) is 59.7 Å². The van der Waals surface area contributed by atoms with E-state index in [1.165, 1.54) is 14.0 Å². The summed E-state index contributed by atoms with van der Waals surface area (Å²) in [6, 6.07) is 14.8. The van der Waals surface area contributed by atoms with Crippen molar-refractivity contribution in [2.45, 2.75) is 37.8 Å². The van der Waals surface area contributed by atoms with E-state index in [0.717, 1.165) is 22.3 Å². The number of carbonyl (C=O) groups excluding carboxylic acids is 2. The molecule has 32 heavy (non-hydrogen) atoms. The van der Waals surface area contributed by atoms with Gasteiger partial charge in [-0.1, -0.05) is 55.5 Å². The lowest BCUT2D eigenvalue weighted by atomic mass is 9.97. The van der Waals surface area contributed by atoms with Gasteiger partial charge in [-0.05, 0) is 35.6 Å². The molecule has 2 aromatic carbocycles. The molecule has 0 fully saturated rings. The quantitative estimate of drug-likeness (QED) is 0.553. The summed E-state index contributed by atoms with van der Waals surface area (Å²) in [5.41, 5.74) is 3.06. The van der Waals surface area contributed by atoms with Crippen LogP contribution in [0.4, 0.5) is 4.79 Å². The Kier molecular flexibility index (Phi) is 7.15. The van der Waals surface area contributed by atoms with Crippen molar-refractivity contribution in [1.82, 2.24) is 10.6 Å². The number of benzene rings is 2. The molecule has 2 aromatic rings. The second-order valence-corrected chi connectivity index (χ2v) is 7.96. The van der Waals surface area contributed by atoms with Crippen LogP contribution >= 0.6 is 0 Å². The summed E-state index contributed by atoms with van der Waals surface area (Å²) in [6.07, 6.45) is -0.507. The predicted molar refractivity (Wildman–Crippen MR) is 118 cm³/mol. The SMILES string of the molecule is CCC(C)(NC(=O)OCC1c2ccccc2-c2ccccc21)C(=O)N[C@@H](COC)C(=O)O. The van der Waals surface area contributed by atoms with Crippen molar-refractivity contribution >= 4 is 18.0 Å². The summed E-state index contributed by atoms with van der Waals surface area (Å²) in [5.74, 6) is -1.95. The average Bonchev–Trinajstić information content (AvgIpc) is 3.11. The first kappa shape index (κ1) is 23.3. The molecule has 8 heteroatoms. The second kappa shape index (κ2) is 9.82. The molecule has 2 atom stereocenters. The van der Waals surface area contributed by atoms with Crippen LogP contribution in [-0.4, -0.2) is 55.0 Å². The van der Waals surface area contributed by atoms with Crippen LogP contribution in [-0.2, 0) is 19.1 Å². The first-order valence-corrected chi connectivity index (χ1v) is 10.5. The van der Waals surface area contributed by atoms with Gasteiger partial charge in [0.25, 0.3) is 0 Å². The van der Waals surface area contributed by atoms with Gasteiger partial charge in [-0.2, -0.15) is 0 Å². The van der Waals surface area contributed by atoms with Crippen LogP contribution < -0.4 is 10.6 Å². The minimum atomic E-state index is -1.34. The third-order valence-electron chi connectivity index (χ3n) is 5.87. The molecule has 1 aliphatic rings. The molecule has 0 bridgehead atoms. The lowest BCUT2D eigenvalue weighted by Gasteiger charge is -2.29. The van der Waals surface area contributed by atoms with Crippen molar-refractivity contribution < 1.29 is 29.0 Å². The highest BCUT2D eigenvalue weighted by atomic mass is 16.5. The zero-order valence-electron chi connectivity index (χ0n) is 18.4. The normalized spacial score (nSPS) is 15.1. The van der Waals surface area contributed by atoms with Crippen LogP contribution in [0.2, 0.25) is 0 Å². The molecule has 0 saturated carbocycles. The van der Waals surface area contributed by atoms with E-state index in [9.17, 15) is 19.5 Å². The van der Waals surface area contributed by atoms with Gasteiger partial charge in [-0.15, -0.1) is 0 Å². The van der Waals surface area contributed by atoms with E-state index in [1.54, 1.807) is 6.92 Å². The maximum atomic E-state index is 12.7. The number of nitrogens with one attached hydrogen (secondary N) is 2. The standard InChI is InChI=1S/C24H28N2O6/c1-4-24(2,22(29)25-20(14-31-3)21(27)28)26-23(30)32-13-19-17-11-7-5-9-15(17)16-10-6-8-12-18(16)19/h5-12,19-20H,4,13-14H2,1-3H3,(H,25,29)(H,26,30)(H,27,28)/t20-,24?/m0/s1. The molecule has 0 saturated heterocycles. The Morgan fingerprint density at radius 3 is 2.12 bits per heavy atom. The minimum absolute atomic E-state index is 0.104. The van der Waals surface area contributed by atoms with Gasteiger partial charge in [0.05, 0.1) is 6.61 Å². The molecule has 0 aliphatic heterocycles. The number of hydrogen-bond donors (Lipinski definition) is 3. The van der Waals surface area contributed by atoms with Crippen molar-refractivity contribution in [2.75, 3.05) is 20.3 Å². The average molecular weight is 440 g/mol. The van der Waals surface area contributed by atoms with E-state index >= 15 is 0 Å². The molecule has 1 unspecified atom stereocenters. The minimum Gasteiger partial charge on any atom is -0.480 e. The van der Waals surface area contributed by atoms with Crippen LogP contribution in [0.1, 0.15) is 37.3 Å². The van der Waals surface area contributed by atoms with Crippen LogP contribution in [0, 0.1) is 0 Å². The number of rotatable bonds is 9. The number of amides is 2. The number of carboxylic acids is 1. The maximum Gasteiger partial charge on any atom is 0.408 e. The summed E-state index contributed by atoms with van der Waals surface area (Å²) < 4.78 is 10.4. The highest BCUT2D eigenvalue weighted by Gasteiger charge is 2.37. The van der Waals surface area contributed by atoms with Gasteiger partial charge < -0.3 is 25.2 Å². The van der Waals surface area contributed by atoms with Gasteiger partial charge in [0.15, 0.2) is 6.04 Å². The Hall–Kier alpha value is -3.39. The maximum absolute atomic E-state index is 12.7. The van der Waals surface area contributed by atoms with Crippen LogP contribution in [0.15, 0.2) is 48.5 Å². The van der Waals surface area contributed by atoms with E-state index < -0.39 is 29.6 Å². The molecule has 2 amide bonds. The monoisotopic (exact) mass is 440 g/mol. The largest absolute Gasteiger partial charge is 0.480 e. The van der Waals surface area contributed by atoms with Gasteiger partial charge in [0, 0.05) is 13.0 Å². The number of fused-ring (bicyclic) bond motifs is 3. The van der Waals surface area contributed by atoms with Gasteiger partial charge in [0.1, 0.15) is 12.1 Å². The summed E-state index contributed by atoms with van der Waals surface area (Å²) >= 11 is 0. The lowest BCUT2D eigenvalue weighted by molar-refractivity contribution is -0.144. The number of carbonyl (C=O) groups is 3. The van der Waals surface area contributed by atoms with Crippen molar-refractivity contribution in [1.29, 1.82) is 0 Å². The Morgan fingerprint density at radius 2 is 1.62 bits per heavy atom. The molecule has 170 valence electrons. The smallest absolute Gasteiger partial charge is 0.408 e. The first-order chi connectivity index (χ1) is 15.3. The fraction of sp³-hybridized carbons (Fsp3) is 0.375. The molecule has 8 nitrogen and oxygen atoms in total. The summed E-state index contributed by atoms with van der Waals surface area (Å²) in [6.45, 7) is 3.17. The van der Waals surface area contributed by atoms with Crippen LogP contribution in [0.3, 0.4) is 0 Å². The number of carboxylic acid groups (broad SMARTS) is 1. The number of hydrogen-bond acceptors (Lipinski definition) is 5. The van der Waals surface area contributed by atoms with E-state index in [1.807, 2.05) is 48.5 Å². The molecule has 0 heterocycles. The molecule has 3 rings (SSSR count). The zero-order chi connectivity index (χ0) is 23.3. The second-order valence-electron chi connectivity index (χ2n) is 7.96. The Labute approximate surface area is 186 Å².